The smallest absolute Gasteiger partial charge is 0.356 e. The van der Waals surface area contributed by atoms with Crippen LogP contribution in [0.1, 0.15) is 24.8 Å². The van der Waals surface area contributed by atoms with Gasteiger partial charge in [-0.15, -0.1) is 0 Å². The first kappa shape index (κ1) is 22.5. The number of carbonyl (C=O) groups excluding carboxylic acids is 1. The average Bonchev–Trinajstić information content (AvgIpc) is 3.19. The predicted molar refractivity (Wildman–Crippen MR) is 119 cm³/mol. The van der Waals surface area contributed by atoms with Gasteiger partial charge in [-0.2, -0.15) is 13.2 Å². The number of aromatic nitrogens is 2. The molecule has 0 radical (unpaired) electrons. The zero-order chi connectivity index (χ0) is 22.7. The number of benzene rings is 1. The van der Waals surface area contributed by atoms with Gasteiger partial charge in [0.15, 0.2) is 0 Å². The summed E-state index contributed by atoms with van der Waals surface area (Å²) in [6.07, 6.45) is 0.417. The van der Waals surface area contributed by atoms with Crippen molar-refractivity contribution < 1.29 is 18.0 Å². The van der Waals surface area contributed by atoms with Crippen molar-refractivity contribution in [1.29, 1.82) is 0 Å². The number of hydrogen-bond donors (Lipinski definition) is 1. The van der Waals surface area contributed by atoms with Crippen LogP contribution in [0.4, 0.5) is 19.0 Å². The Morgan fingerprint density at radius 2 is 1.94 bits per heavy atom. The highest BCUT2D eigenvalue weighted by Gasteiger charge is 2.33. The summed E-state index contributed by atoms with van der Waals surface area (Å²) in [5.41, 5.74) is 0.315. The summed E-state index contributed by atoms with van der Waals surface area (Å²) in [7, 11) is 0. The summed E-state index contributed by atoms with van der Waals surface area (Å²) in [6.45, 7) is 2.46. The third-order valence-electron chi connectivity index (χ3n) is 5.87. The van der Waals surface area contributed by atoms with E-state index < -0.39 is 11.7 Å². The molecule has 1 fully saturated rings. The Morgan fingerprint density at radius 1 is 1.19 bits per heavy atom. The molecule has 0 unspecified atom stereocenters. The van der Waals surface area contributed by atoms with Crippen molar-refractivity contribution >= 4 is 34.2 Å². The van der Waals surface area contributed by atoms with E-state index in [0.717, 1.165) is 25.2 Å². The number of halogens is 4. The second-order valence-corrected chi connectivity index (χ2v) is 8.41. The van der Waals surface area contributed by atoms with Crippen molar-refractivity contribution in [2.75, 3.05) is 24.5 Å². The standard InChI is InChI=1S/C23H24ClF3N4O/c24-19-14-18(23(25,26)27)15-29-21(19)31-12-7-17(8-13-31)22(32)28-9-3-10-30-11-6-16-4-1-2-5-20(16)30/h1-2,4-6,11,14-15,17H,3,7-10,12-13H2,(H,28,32). The van der Waals surface area contributed by atoms with Crippen molar-refractivity contribution in [3.05, 3.63) is 59.4 Å². The first-order chi connectivity index (χ1) is 15.3. The quantitative estimate of drug-likeness (QED) is 0.514. The highest BCUT2D eigenvalue weighted by atomic mass is 35.5. The number of nitrogens with zero attached hydrogens (tertiary/aromatic N) is 3. The molecular weight excluding hydrogens is 441 g/mol. The summed E-state index contributed by atoms with van der Waals surface area (Å²) < 4.78 is 40.6. The number of amides is 1. The molecule has 32 heavy (non-hydrogen) atoms. The van der Waals surface area contributed by atoms with Crippen LogP contribution in [0.5, 0.6) is 0 Å². The van der Waals surface area contributed by atoms with Gasteiger partial charge in [-0.25, -0.2) is 4.98 Å². The lowest BCUT2D eigenvalue weighted by atomic mass is 9.96. The van der Waals surface area contributed by atoms with E-state index in [1.807, 2.05) is 17.0 Å². The van der Waals surface area contributed by atoms with Gasteiger partial charge in [-0.1, -0.05) is 29.8 Å². The topological polar surface area (TPSA) is 50.2 Å². The Kier molecular flexibility index (Phi) is 6.60. The summed E-state index contributed by atoms with van der Waals surface area (Å²) in [5.74, 6) is 0.234. The second kappa shape index (κ2) is 9.40. The summed E-state index contributed by atoms with van der Waals surface area (Å²) in [4.78, 5) is 18.3. The highest BCUT2D eigenvalue weighted by Crippen LogP contribution is 2.34. The lowest BCUT2D eigenvalue weighted by Crippen LogP contribution is -2.41. The van der Waals surface area contributed by atoms with E-state index in [-0.39, 0.29) is 16.8 Å². The predicted octanol–water partition coefficient (Wildman–Crippen LogP) is 5.13. The van der Waals surface area contributed by atoms with Gasteiger partial charge in [-0.05, 0) is 42.8 Å². The number of anilines is 1. The van der Waals surface area contributed by atoms with Crippen molar-refractivity contribution in [3.8, 4) is 0 Å². The van der Waals surface area contributed by atoms with Crippen LogP contribution >= 0.6 is 11.6 Å². The van der Waals surface area contributed by atoms with Gasteiger partial charge in [0.05, 0.1) is 10.6 Å². The first-order valence-electron chi connectivity index (χ1n) is 10.6. The van der Waals surface area contributed by atoms with Crippen LogP contribution in [-0.4, -0.2) is 35.1 Å². The number of aryl methyl sites for hydroxylation is 1. The summed E-state index contributed by atoms with van der Waals surface area (Å²) >= 11 is 6.05. The van der Waals surface area contributed by atoms with Gasteiger partial charge in [0.1, 0.15) is 5.82 Å². The van der Waals surface area contributed by atoms with Crippen molar-refractivity contribution in [2.45, 2.75) is 32.0 Å². The van der Waals surface area contributed by atoms with Crippen molar-refractivity contribution in [3.63, 3.8) is 0 Å². The normalized spacial score (nSPS) is 15.3. The maximum atomic E-state index is 12.8. The van der Waals surface area contributed by atoms with E-state index in [1.165, 1.54) is 10.9 Å². The van der Waals surface area contributed by atoms with Gasteiger partial charge in [0, 0.05) is 50.0 Å². The zero-order valence-electron chi connectivity index (χ0n) is 17.4. The minimum Gasteiger partial charge on any atom is -0.356 e. The number of rotatable bonds is 6. The van der Waals surface area contributed by atoms with Gasteiger partial charge >= 0.3 is 6.18 Å². The Bertz CT molecular complexity index is 1090. The second-order valence-electron chi connectivity index (χ2n) is 8.00. The lowest BCUT2D eigenvalue weighted by Gasteiger charge is -2.32. The molecular formula is C23H24ClF3N4O. The maximum Gasteiger partial charge on any atom is 0.417 e. The monoisotopic (exact) mass is 464 g/mol. The Morgan fingerprint density at radius 3 is 2.66 bits per heavy atom. The number of alkyl halides is 3. The number of carbonyl (C=O) groups is 1. The molecule has 0 saturated carbocycles. The molecule has 2 aromatic heterocycles. The Labute approximate surface area is 189 Å². The van der Waals surface area contributed by atoms with E-state index >= 15 is 0 Å². The maximum absolute atomic E-state index is 12.8. The molecule has 4 rings (SSSR count). The molecule has 0 spiro atoms. The largest absolute Gasteiger partial charge is 0.417 e. The molecule has 9 heteroatoms. The van der Waals surface area contributed by atoms with E-state index in [9.17, 15) is 18.0 Å². The van der Waals surface area contributed by atoms with Crippen molar-refractivity contribution in [1.82, 2.24) is 14.9 Å². The summed E-state index contributed by atoms with van der Waals surface area (Å²) in [6, 6.07) is 11.2. The van der Waals surface area contributed by atoms with Crippen molar-refractivity contribution in [2.24, 2.45) is 5.92 Å². The molecule has 1 amide bonds. The first-order valence-corrected chi connectivity index (χ1v) is 11.0. The van der Waals surface area contributed by atoms with Crippen LogP contribution in [0.3, 0.4) is 0 Å². The molecule has 0 aliphatic carbocycles. The fourth-order valence-corrected chi connectivity index (χ4v) is 4.40. The van der Waals surface area contributed by atoms with Crippen LogP contribution in [-0.2, 0) is 17.5 Å². The molecule has 5 nitrogen and oxygen atoms in total. The third kappa shape index (κ3) is 5.01. The molecule has 1 saturated heterocycles. The minimum absolute atomic E-state index is 0.0217. The lowest BCUT2D eigenvalue weighted by molar-refractivity contribution is -0.137. The van der Waals surface area contributed by atoms with E-state index in [0.29, 0.717) is 38.3 Å². The molecule has 0 atom stereocenters. The molecule has 1 aliphatic heterocycles. The van der Waals surface area contributed by atoms with E-state index in [2.05, 4.69) is 39.3 Å². The number of piperidine rings is 1. The van der Waals surface area contributed by atoms with Gasteiger partial charge in [0.2, 0.25) is 5.91 Å². The number of para-hydroxylation sites is 1. The molecule has 3 heterocycles. The van der Waals surface area contributed by atoms with Crippen LogP contribution in [0.2, 0.25) is 5.02 Å². The fraction of sp³-hybridized carbons (Fsp3) is 0.391. The van der Waals surface area contributed by atoms with Crippen LogP contribution < -0.4 is 10.2 Å². The number of hydrogen-bond acceptors (Lipinski definition) is 3. The minimum atomic E-state index is -4.48. The summed E-state index contributed by atoms with van der Waals surface area (Å²) in [5, 5.41) is 4.19. The Hall–Kier alpha value is -2.74. The zero-order valence-corrected chi connectivity index (χ0v) is 18.2. The molecule has 1 aromatic carbocycles. The Balaban J connectivity index is 1.23. The average molecular weight is 465 g/mol. The third-order valence-corrected chi connectivity index (χ3v) is 6.15. The van der Waals surface area contributed by atoms with Gasteiger partial charge < -0.3 is 14.8 Å². The van der Waals surface area contributed by atoms with Crippen LogP contribution in [0.15, 0.2) is 48.8 Å². The fourth-order valence-electron chi connectivity index (χ4n) is 4.11. The van der Waals surface area contributed by atoms with Crippen LogP contribution in [0, 0.1) is 5.92 Å². The highest BCUT2D eigenvalue weighted by molar-refractivity contribution is 6.33. The SMILES string of the molecule is O=C(NCCCn1ccc2ccccc21)C1CCN(c2ncc(C(F)(F)F)cc2Cl)CC1. The number of nitrogens with one attached hydrogen (secondary N) is 1. The molecule has 1 N–H and O–H groups in total. The number of fused-ring (bicyclic) bond motifs is 1. The van der Waals surface area contributed by atoms with E-state index in [1.54, 1.807) is 0 Å². The van der Waals surface area contributed by atoms with E-state index in [4.69, 9.17) is 11.6 Å². The molecule has 0 bridgehead atoms. The van der Waals surface area contributed by atoms with Gasteiger partial charge in [0.25, 0.3) is 0 Å². The molecule has 3 aromatic rings. The van der Waals surface area contributed by atoms with Gasteiger partial charge in [-0.3, -0.25) is 4.79 Å². The number of pyridine rings is 1. The molecule has 1 aliphatic rings. The molecule has 170 valence electrons. The van der Waals surface area contributed by atoms with Crippen LogP contribution in [0.25, 0.3) is 10.9 Å².